The van der Waals surface area contributed by atoms with E-state index in [0.717, 1.165) is 23.2 Å². The van der Waals surface area contributed by atoms with Crippen LogP contribution in [0.3, 0.4) is 0 Å². The molecule has 0 radical (unpaired) electrons. The van der Waals surface area contributed by atoms with Crippen LogP contribution >= 0.6 is 0 Å². The summed E-state index contributed by atoms with van der Waals surface area (Å²) in [5.74, 6) is -0.0826. The van der Waals surface area contributed by atoms with Crippen LogP contribution in [0, 0.1) is 33.6 Å². The van der Waals surface area contributed by atoms with E-state index in [4.69, 9.17) is 5.73 Å². The maximum Gasteiger partial charge on any atom is 0.228 e. The molecule has 0 bridgehead atoms. The molecule has 0 saturated heterocycles. The monoisotopic (exact) mass is 248 g/mol. The molecule has 3 N–H and O–H groups in total. The zero-order valence-corrected chi connectivity index (χ0v) is 12.1. The quantitative estimate of drug-likeness (QED) is 0.861. The fourth-order valence-corrected chi connectivity index (χ4v) is 2.09. The van der Waals surface area contributed by atoms with Gasteiger partial charge in [0, 0.05) is 12.2 Å². The topological polar surface area (TPSA) is 55.1 Å². The van der Waals surface area contributed by atoms with Crippen molar-refractivity contribution in [2.75, 3.05) is 11.9 Å². The van der Waals surface area contributed by atoms with Crippen molar-refractivity contribution < 1.29 is 4.79 Å². The molecule has 100 valence electrons. The summed E-state index contributed by atoms with van der Waals surface area (Å²) >= 11 is 0. The number of hydrogen-bond acceptors (Lipinski definition) is 2. The lowest BCUT2D eigenvalue weighted by molar-refractivity contribution is -0.119. The van der Waals surface area contributed by atoms with Crippen molar-refractivity contribution in [3.63, 3.8) is 0 Å². The Hall–Kier alpha value is -1.35. The molecular formula is C15H24N2O. The summed E-state index contributed by atoms with van der Waals surface area (Å²) in [5.41, 5.74) is 11.2. The zero-order chi connectivity index (χ0) is 13.9. The molecule has 0 fully saturated rings. The standard InChI is InChI=1S/C15H24N2O/c1-6-13(8-16)15(18)17-14-11(4)9(2)7-10(3)12(14)5/h7,13H,6,8,16H2,1-5H3,(H,17,18). The third kappa shape index (κ3) is 2.91. The van der Waals surface area contributed by atoms with Gasteiger partial charge in [-0.2, -0.15) is 0 Å². The van der Waals surface area contributed by atoms with Crippen LogP contribution in [-0.2, 0) is 4.79 Å². The summed E-state index contributed by atoms with van der Waals surface area (Å²) in [6, 6.07) is 2.15. The molecule has 0 saturated carbocycles. The molecule has 0 aromatic heterocycles. The van der Waals surface area contributed by atoms with Crippen LogP contribution in [0.1, 0.15) is 35.6 Å². The van der Waals surface area contributed by atoms with Crippen LogP contribution in [0.15, 0.2) is 6.07 Å². The van der Waals surface area contributed by atoms with Gasteiger partial charge < -0.3 is 11.1 Å². The van der Waals surface area contributed by atoms with E-state index < -0.39 is 0 Å². The highest BCUT2D eigenvalue weighted by molar-refractivity contribution is 5.94. The van der Waals surface area contributed by atoms with Crippen molar-refractivity contribution in [1.29, 1.82) is 0 Å². The van der Waals surface area contributed by atoms with Crippen molar-refractivity contribution in [1.82, 2.24) is 0 Å². The number of carbonyl (C=O) groups is 1. The molecule has 3 nitrogen and oxygen atoms in total. The maximum absolute atomic E-state index is 12.1. The molecule has 0 aliphatic carbocycles. The van der Waals surface area contributed by atoms with Crippen LogP contribution in [0.5, 0.6) is 0 Å². The maximum atomic E-state index is 12.1. The molecular weight excluding hydrogens is 224 g/mol. The molecule has 3 heteroatoms. The number of aryl methyl sites for hydroxylation is 2. The van der Waals surface area contributed by atoms with Crippen molar-refractivity contribution in [3.05, 3.63) is 28.3 Å². The summed E-state index contributed by atoms with van der Waals surface area (Å²) in [5, 5.41) is 3.04. The highest BCUT2D eigenvalue weighted by atomic mass is 16.1. The Morgan fingerprint density at radius 3 is 2.11 bits per heavy atom. The van der Waals surface area contributed by atoms with Gasteiger partial charge in [-0.1, -0.05) is 13.0 Å². The molecule has 0 spiro atoms. The predicted octanol–water partition coefficient (Wildman–Crippen LogP) is 2.84. The average molecular weight is 248 g/mol. The lowest BCUT2D eigenvalue weighted by Crippen LogP contribution is -2.29. The number of hydrogen-bond donors (Lipinski definition) is 2. The number of anilines is 1. The number of carbonyl (C=O) groups excluding carboxylic acids is 1. The van der Waals surface area contributed by atoms with Crippen LogP contribution in [0.25, 0.3) is 0 Å². The Kier molecular flexibility index (Phi) is 4.91. The van der Waals surface area contributed by atoms with Crippen molar-refractivity contribution >= 4 is 11.6 Å². The first-order valence-corrected chi connectivity index (χ1v) is 6.50. The summed E-state index contributed by atoms with van der Waals surface area (Å²) in [7, 11) is 0. The van der Waals surface area contributed by atoms with Gasteiger partial charge in [0.1, 0.15) is 0 Å². The molecule has 1 rings (SSSR count). The number of nitrogens with one attached hydrogen (secondary N) is 1. The third-order valence-electron chi connectivity index (χ3n) is 3.76. The molecule has 1 aromatic rings. The summed E-state index contributed by atoms with van der Waals surface area (Å²) < 4.78 is 0. The minimum absolute atomic E-state index is 0.0243. The van der Waals surface area contributed by atoms with Crippen molar-refractivity contribution in [3.8, 4) is 0 Å². The van der Waals surface area contributed by atoms with E-state index in [9.17, 15) is 4.79 Å². The lowest BCUT2D eigenvalue weighted by atomic mass is 9.97. The Labute approximate surface area is 110 Å². The van der Waals surface area contributed by atoms with Crippen LogP contribution in [0.4, 0.5) is 5.69 Å². The smallest absolute Gasteiger partial charge is 0.228 e. The molecule has 1 unspecified atom stereocenters. The minimum atomic E-state index is -0.107. The Morgan fingerprint density at radius 2 is 1.72 bits per heavy atom. The fourth-order valence-electron chi connectivity index (χ4n) is 2.09. The largest absolute Gasteiger partial charge is 0.330 e. The number of rotatable bonds is 4. The van der Waals surface area contributed by atoms with E-state index in [2.05, 4.69) is 25.2 Å². The molecule has 1 aromatic carbocycles. The lowest BCUT2D eigenvalue weighted by Gasteiger charge is -2.19. The Morgan fingerprint density at radius 1 is 1.22 bits per heavy atom. The van der Waals surface area contributed by atoms with Crippen molar-refractivity contribution in [2.45, 2.75) is 41.0 Å². The van der Waals surface area contributed by atoms with Crippen molar-refractivity contribution in [2.24, 2.45) is 11.7 Å². The van der Waals surface area contributed by atoms with E-state index in [1.807, 2.05) is 20.8 Å². The number of benzene rings is 1. The van der Waals surface area contributed by atoms with Gasteiger partial charge in [0.2, 0.25) is 5.91 Å². The van der Waals surface area contributed by atoms with Gasteiger partial charge in [0.25, 0.3) is 0 Å². The van der Waals surface area contributed by atoms with E-state index in [-0.39, 0.29) is 11.8 Å². The molecule has 1 atom stereocenters. The Balaban J connectivity index is 3.08. The summed E-state index contributed by atoms with van der Waals surface area (Å²) in [4.78, 5) is 12.1. The second kappa shape index (κ2) is 6.01. The highest BCUT2D eigenvalue weighted by Crippen LogP contribution is 2.27. The normalized spacial score (nSPS) is 12.3. The second-order valence-electron chi connectivity index (χ2n) is 4.97. The third-order valence-corrected chi connectivity index (χ3v) is 3.76. The van der Waals surface area contributed by atoms with E-state index in [1.165, 1.54) is 11.1 Å². The van der Waals surface area contributed by atoms with E-state index in [1.54, 1.807) is 0 Å². The fraction of sp³-hybridized carbons (Fsp3) is 0.533. The van der Waals surface area contributed by atoms with Crippen LogP contribution in [-0.4, -0.2) is 12.5 Å². The van der Waals surface area contributed by atoms with Gasteiger partial charge in [0.05, 0.1) is 5.92 Å². The first kappa shape index (κ1) is 14.7. The van der Waals surface area contributed by atoms with Crippen LogP contribution in [0.2, 0.25) is 0 Å². The minimum Gasteiger partial charge on any atom is -0.330 e. The first-order valence-electron chi connectivity index (χ1n) is 6.50. The second-order valence-corrected chi connectivity index (χ2v) is 4.97. The van der Waals surface area contributed by atoms with E-state index >= 15 is 0 Å². The number of amides is 1. The van der Waals surface area contributed by atoms with Gasteiger partial charge in [-0.3, -0.25) is 4.79 Å². The molecule has 18 heavy (non-hydrogen) atoms. The van der Waals surface area contributed by atoms with E-state index in [0.29, 0.717) is 6.54 Å². The molecule has 1 amide bonds. The SMILES string of the molecule is CCC(CN)C(=O)Nc1c(C)c(C)cc(C)c1C. The Bertz CT molecular complexity index is 422. The molecule has 0 heterocycles. The molecule has 0 aliphatic rings. The molecule has 0 aliphatic heterocycles. The van der Waals surface area contributed by atoms with Gasteiger partial charge in [-0.05, 0) is 56.4 Å². The first-order chi connectivity index (χ1) is 8.42. The van der Waals surface area contributed by atoms with Crippen LogP contribution < -0.4 is 11.1 Å². The zero-order valence-electron chi connectivity index (χ0n) is 12.1. The number of nitrogens with two attached hydrogens (primary N) is 1. The summed E-state index contributed by atoms with van der Waals surface area (Å²) in [6.45, 7) is 10.6. The highest BCUT2D eigenvalue weighted by Gasteiger charge is 2.17. The van der Waals surface area contributed by atoms with Gasteiger partial charge in [-0.25, -0.2) is 0 Å². The summed E-state index contributed by atoms with van der Waals surface area (Å²) in [6.07, 6.45) is 0.769. The average Bonchev–Trinajstić information content (AvgIpc) is 2.33. The van der Waals surface area contributed by atoms with Gasteiger partial charge in [0.15, 0.2) is 0 Å². The predicted molar refractivity (Wildman–Crippen MR) is 76.9 cm³/mol. The van der Waals surface area contributed by atoms with Gasteiger partial charge >= 0.3 is 0 Å². The van der Waals surface area contributed by atoms with Gasteiger partial charge in [-0.15, -0.1) is 0 Å².